The molecule has 0 radical (unpaired) electrons. The van der Waals surface area contributed by atoms with Crippen LogP contribution in [0.15, 0.2) is 0 Å². The van der Waals surface area contributed by atoms with E-state index in [0.717, 1.165) is 12.8 Å². The summed E-state index contributed by atoms with van der Waals surface area (Å²) in [6.07, 6.45) is 6.47. The van der Waals surface area contributed by atoms with Gasteiger partial charge in [0.1, 0.15) is 0 Å². The van der Waals surface area contributed by atoms with E-state index in [4.69, 9.17) is 0 Å². The average Bonchev–Trinajstić information content (AvgIpc) is 2.03. The molecule has 0 spiro atoms. The SMILES string of the molecule is CCCCCCCC(Br)C(=O)[O-].[K+]. The third kappa shape index (κ3) is 11.5. The first kappa shape index (κ1) is 17.0. The van der Waals surface area contributed by atoms with Crippen LogP contribution in [0.3, 0.4) is 0 Å². The molecule has 0 heterocycles. The molecular weight excluding hydrogens is 259 g/mol. The van der Waals surface area contributed by atoms with Gasteiger partial charge in [0.05, 0.1) is 10.8 Å². The zero-order chi connectivity index (χ0) is 9.40. The van der Waals surface area contributed by atoms with Crippen molar-refractivity contribution in [3.05, 3.63) is 0 Å². The molecule has 13 heavy (non-hydrogen) atoms. The van der Waals surface area contributed by atoms with Crippen molar-refractivity contribution < 1.29 is 61.3 Å². The van der Waals surface area contributed by atoms with Crippen LogP contribution in [0, 0.1) is 0 Å². The number of hydrogen-bond acceptors (Lipinski definition) is 2. The van der Waals surface area contributed by atoms with E-state index < -0.39 is 10.8 Å². The topological polar surface area (TPSA) is 40.1 Å². The number of aliphatic carboxylic acids is 1. The molecule has 0 saturated heterocycles. The molecule has 0 aliphatic carbocycles. The number of halogens is 1. The van der Waals surface area contributed by atoms with Gasteiger partial charge in [-0.1, -0.05) is 55.0 Å². The van der Waals surface area contributed by atoms with Crippen LogP contribution in [0.5, 0.6) is 0 Å². The second-order valence-corrected chi connectivity index (χ2v) is 4.09. The molecule has 0 saturated carbocycles. The minimum atomic E-state index is -0.995. The van der Waals surface area contributed by atoms with Gasteiger partial charge in [0, 0.05) is 0 Å². The Morgan fingerprint density at radius 2 is 1.85 bits per heavy atom. The van der Waals surface area contributed by atoms with Gasteiger partial charge in [0.2, 0.25) is 0 Å². The van der Waals surface area contributed by atoms with Crippen LogP contribution in [0.4, 0.5) is 0 Å². The smallest absolute Gasteiger partial charge is 0.549 e. The van der Waals surface area contributed by atoms with Gasteiger partial charge in [0.25, 0.3) is 0 Å². The summed E-state index contributed by atoms with van der Waals surface area (Å²) in [4.78, 5) is 9.80. The van der Waals surface area contributed by atoms with Gasteiger partial charge in [-0.3, -0.25) is 0 Å². The summed E-state index contributed by atoms with van der Waals surface area (Å²) in [7, 11) is 0. The monoisotopic (exact) mass is 274 g/mol. The average molecular weight is 275 g/mol. The van der Waals surface area contributed by atoms with E-state index in [2.05, 4.69) is 22.9 Å². The summed E-state index contributed by atoms with van der Waals surface area (Å²) >= 11 is 3.05. The molecule has 1 unspecified atom stereocenters. The van der Waals surface area contributed by atoms with Gasteiger partial charge in [-0.25, -0.2) is 0 Å². The van der Waals surface area contributed by atoms with Crippen molar-refractivity contribution in [1.82, 2.24) is 0 Å². The van der Waals surface area contributed by atoms with Crippen LogP contribution in [0.25, 0.3) is 0 Å². The Hall–Kier alpha value is 1.59. The second kappa shape index (κ2) is 11.7. The fourth-order valence-electron chi connectivity index (χ4n) is 1.04. The number of carboxylic acids is 1. The first-order valence-corrected chi connectivity index (χ1v) is 5.45. The number of carbonyl (C=O) groups is 1. The molecule has 0 aliphatic rings. The molecule has 1 atom stereocenters. The van der Waals surface area contributed by atoms with Crippen LogP contribution in [-0.2, 0) is 4.79 Å². The predicted octanol–water partition coefficient (Wildman–Crippen LogP) is -1.14. The normalized spacial score (nSPS) is 11.8. The molecule has 4 heteroatoms. The quantitative estimate of drug-likeness (QED) is 0.335. The Balaban J connectivity index is 0. The van der Waals surface area contributed by atoms with Crippen molar-refractivity contribution in [2.45, 2.75) is 50.3 Å². The van der Waals surface area contributed by atoms with Gasteiger partial charge >= 0.3 is 51.4 Å². The zero-order valence-electron chi connectivity index (χ0n) is 8.51. The third-order valence-electron chi connectivity index (χ3n) is 1.82. The molecule has 0 aromatic carbocycles. The summed E-state index contributed by atoms with van der Waals surface area (Å²) in [5, 5.41) is 10.3. The number of alkyl halides is 1. The summed E-state index contributed by atoms with van der Waals surface area (Å²) < 4.78 is 0. The summed E-state index contributed by atoms with van der Waals surface area (Å²) in [5.41, 5.74) is 0. The van der Waals surface area contributed by atoms with Gasteiger partial charge in [-0.2, -0.15) is 0 Å². The maximum absolute atomic E-state index is 10.3. The van der Waals surface area contributed by atoms with Gasteiger partial charge in [-0.15, -0.1) is 0 Å². The standard InChI is InChI=1S/C9H17BrO2.K/c1-2-3-4-5-6-7-8(10)9(11)12;/h8H,2-7H2,1H3,(H,11,12);/q;+1/p-1. The van der Waals surface area contributed by atoms with Crippen LogP contribution >= 0.6 is 15.9 Å². The zero-order valence-corrected chi connectivity index (χ0v) is 13.2. The Morgan fingerprint density at radius 1 is 1.31 bits per heavy atom. The number of hydrogen-bond donors (Lipinski definition) is 0. The molecule has 0 aromatic heterocycles. The maximum Gasteiger partial charge on any atom is 1.00 e. The molecule has 0 N–H and O–H groups in total. The number of carboxylic acid groups (broad SMARTS) is 1. The molecule has 0 rings (SSSR count). The van der Waals surface area contributed by atoms with Crippen LogP contribution in [0.1, 0.15) is 45.4 Å². The molecular formula is C9H16BrKO2. The molecule has 72 valence electrons. The molecule has 0 aliphatic heterocycles. The molecule has 0 fully saturated rings. The van der Waals surface area contributed by atoms with E-state index in [1.807, 2.05) is 0 Å². The van der Waals surface area contributed by atoms with Crippen molar-refractivity contribution in [3.63, 3.8) is 0 Å². The van der Waals surface area contributed by atoms with Crippen molar-refractivity contribution in [3.8, 4) is 0 Å². The number of rotatable bonds is 7. The summed E-state index contributed by atoms with van der Waals surface area (Å²) in [5.74, 6) is -0.995. The number of carbonyl (C=O) groups excluding carboxylic acids is 1. The number of unbranched alkanes of at least 4 members (excludes halogenated alkanes) is 4. The van der Waals surface area contributed by atoms with Crippen molar-refractivity contribution in [2.75, 3.05) is 0 Å². The van der Waals surface area contributed by atoms with Gasteiger partial charge in [0.15, 0.2) is 0 Å². The van der Waals surface area contributed by atoms with E-state index in [1.54, 1.807) is 0 Å². The van der Waals surface area contributed by atoms with E-state index in [1.165, 1.54) is 19.3 Å². The van der Waals surface area contributed by atoms with Crippen molar-refractivity contribution >= 4 is 21.9 Å². The van der Waals surface area contributed by atoms with Crippen LogP contribution in [0.2, 0.25) is 0 Å². The molecule has 2 nitrogen and oxygen atoms in total. The van der Waals surface area contributed by atoms with Gasteiger partial charge in [-0.05, 0) is 6.42 Å². The summed E-state index contributed by atoms with van der Waals surface area (Å²) in [6.45, 7) is 2.16. The second-order valence-electron chi connectivity index (χ2n) is 2.99. The predicted molar refractivity (Wildman–Crippen MR) is 51.1 cm³/mol. The van der Waals surface area contributed by atoms with E-state index in [0.29, 0.717) is 6.42 Å². The Bertz CT molecular complexity index is 131. The van der Waals surface area contributed by atoms with E-state index in [9.17, 15) is 9.90 Å². The van der Waals surface area contributed by atoms with Gasteiger partial charge < -0.3 is 9.90 Å². The molecule has 0 amide bonds. The van der Waals surface area contributed by atoms with Crippen molar-refractivity contribution in [1.29, 1.82) is 0 Å². The molecule has 0 aromatic rings. The third-order valence-corrected chi connectivity index (χ3v) is 2.65. The minimum Gasteiger partial charge on any atom is -0.549 e. The first-order chi connectivity index (χ1) is 5.68. The fraction of sp³-hybridized carbons (Fsp3) is 0.889. The van der Waals surface area contributed by atoms with Crippen molar-refractivity contribution in [2.24, 2.45) is 0 Å². The molecule has 0 bridgehead atoms. The minimum absolute atomic E-state index is 0. The Kier molecular flexibility index (Phi) is 15.2. The van der Waals surface area contributed by atoms with E-state index in [-0.39, 0.29) is 51.4 Å². The van der Waals surface area contributed by atoms with Crippen LogP contribution < -0.4 is 56.5 Å². The van der Waals surface area contributed by atoms with Crippen LogP contribution in [-0.4, -0.2) is 10.8 Å². The Morgan fingerprint density at radius 3 is 2.31 bits per heavy atom. The maximum atomic E-state index is 10.3. The fourth-order valence-corrected chi connectivity index (χ4v) is 1.37. The largest absolute Gasteiger partial charge is 1.00 e. The summed E-state index contributed by atoms with van der Waals surface area (Å²) in [6, 6.07) is 0. The first-order valence-electron chi connectivity index (χ1n) is 4.53. The van der Waals surface area contributed by atoms with E-state index >= 15 is 0 Å². The Labute approximate surface area is 131 Å².